The van der Waals surface area contributed by atoms with Crippen molar-refractivity contribution in [1.82, 2.24) is 19.7 Å². The number of fused-ring (bicyclic) bond motifs is 1. The molecule has 0 aliphatic carbocycles. The average Bonchev–Trinajstić information content (AvgIpc) is 2.88. The number of aromatic nitrogens is 4. The van der Waals surface area contributed by atoms with Crippen molar-refractivity contribution in [3.8, 4) is 0 Å². The first-order valence-electron chi connectivity index (χ1n) is 6.80. The fourth-order valence-electron chi connectivity index (χ4n) is 2.17. The minimum absolute atomic E-state index is 0.307. The van der Waals surface area contributed by atoms with Crippen LogP contribution in [-0.2, 0) is 6.54 Å². The molecule has 0 spiro atoms. The average molecular weight is 346 g/mol. The molecule has 0 saturated heterocycles. The van der Waals surface area contributed by atoms with Crippen molar-refractivity contribution >= 4 is 32.7 Å². The Morgan fingerprint density at radius 1 is 1.19 bits per heavy atom. The number of hydrogen-bond acceptors (Lipinski definition) is 4. The molecule has 0 saturated carbocycles. The van der Waals surface area contributed by atoms with Gasteiger partial charge in [0.2, 0.25) is 0 Å². The van der Waals surface area contributed by atoms with Crippen LogP contribution in [0.4, 0.5) is 5.69 Å². The first-order valence-corrected chi connectivity index (χ1v) is 7.59. The van der Waals surface area contributed by atoms with Crippen molar-refractivity contribution in [1.29, 1.82) is 0 Å². The summed E-state index contributed by atoms with van der Waals surface area (Å²) in [6.45, 7) is 4.90. The van der Waals surface area contributed by atoms with Gasteiger partial charge in [-0.25, -0.2) is 9.67 Å². The number of hydrogen-bond donors (Lipinski definition) is 1. The standard InChI is InChI=1S/C15H16BrN5/c1-10(2)21-15-12(7-20-21)4-14(9-19-15)18-6-11-3-13(16)8-17-5-11/h3-5,7-10,18H,6H2,1-2H3. The first-order chi connectivity index (χ1) is 10.1. The van der Waals surface area contributed by atoms with Crippen LogP contribution in [0, 0.1) is 0 Å². The zero-order valence-electron chi connectivity index (χ0n) is 11.9. The van der Waals surface area contributed by atoms with E-state index in [0.717, 1.165) is 26.8 Å². The first kappa shape index (κ1) is 14.0. The molecule has 3 aromatic heterocycles. The van der Waals surface area contributed by atoms with Gasteiger partial charge in [-0.15, -0.1) is 0 Å². The number of pyridine rings is 2. The van der Waals surface area contributed by atoms with Crippen molar-refractivity contribution in [3.63, 3.8) is 0 Å². The summed E-state index contributed by atoms with van der Waals surface area (Å²) in [6, 6.07) is 4.42. The molecule has 0 aromatic carbocycles. The summed E-state index contributed by atoms with van der Waals surface area (Å²) in [5.74, 6) is 0. The monoisotopic (exact) mass is 345 g/mol. The summed E-state index contributed by atoms with van der Waals surface area (Å²) in [5, 5.41) is 8.78. The minimum atomic E-state index is 0.307. The molecule has 0 atom stereocenters. The predicted molar refractivity (Wildman–Crippen MR) is 87.2 cm³/mol. The van der Waals surface area contributed by atoms with Crippen molar-refractivity contribution in [3.05, 3.63) is 47.0 Å². The SMILES string of the molecule is CC(C)n1ncc2cc(NCc3cncc(Br)c3)cnc21. The number of nitrogens with one attached hydrogen (secondary N) is 1. The highest BCUT2D eigenvalue weighted by atomic mass is 79.9. The van der Waals surface area contributed by atoms with Gasteiger partial charge in [0.15, 0.2) is 5.65 Å². The molecule has 21 heavy (non-hydrogen) atoms. The lowest BCUT2D eigenvalue weighted by molar-refractivity contribution is 0.546. The molecule has 6 heteroatoms. The summed E-state index contributed by atoms with van der Waals surface area (Å²) >= 11 is 3.42. The van der Waals surface area contributed by atoms with Crippen LogP contribution in [-0.4, -0.2) is 19.7 Å². The van der Waals surface area contributed by atoms with Crippen LogP contribution in [0.2, 0.25) is 0 Å². The highest BCUT2D eigenvalue weighted by Crippen LogP contribution is 2.19. The largest absolute Gasteiger partial charge is 0.380 e. The summed E-state index contributed by atoms with van der Waals surface area (Å²) in [7, 11) is 0. The summed E-state index contributed by atoms with van der Waals surface area (Å²) in [6.07, 6.45) is 7.32. The van der Waals surface area contributed by atoms with E-state index in [1.54, 1.807) is 6.20 Å². The van der Waals surface area contributed by atoms with E-state index in [0.29, 0.717) is 12.6 Å². The second kappa shape index (κ2) is 5.81. The molecule has 108 valence electrons. The third-order valence-electron chi connectivity index (χ3n) is 3.18. The molecule has 0 fully saturated rings. The van der Waals surface area contributed by atoms with Crippen LogP contribution in [0.15, 0.2) is 41.4 Å². The van der Waals surface area contributed by atoms with Crippen molar-refractivity contribution in [2.75, 3.05) is 5.32 Å². The van der Waals surface area contributed by atoms with Gasteiger partial charge < -0.3 is 5.32 Å². The molecular formula is C15H16BrN5. The van der Waals surface area contributed by atoms with Gasteiger partial charge in [-0.3, -0.25) is 4.98 Å². The van der Waals surface area contributed by atoms with Crippen LogP contribution >= 0.6 is 15.9 Å². The van der Waals surface area contributed by atoms with E-state index in [-0.39, 0.29) is 0 Å². The molecule has 0 bridgehead atoms. The van der Waals surface area contributed by atoms with Crippen molar-refractivity contribution in [2.24, 2.45) is 0 Å². The molecule has 0 amide bonds. The summed E-state index contributed by atoms with van der Waals surface area (Å²) in [4.78, 5) is 8.66. The molecule has 3 rings (SSSR count). The van der Waals surface area contributed by atoms with Crippen LogP contribution in [0.25, 0.3) is 11.0 Å². The van der Waals surface area contributed by atoms with E-state index in [1.807, 2.05) is 29.3 Å². The van der Waals surface area contributed by atoms with E-state index in [4.69, 9.17) is 0 Å². The van der Waals surface area contributed by atoms with Gasteiger partial charge in [0.25, 0.3) is 0 Å². The molecule has 3 heterocycles. The van der Waals surface area contributed by atoms with E-state index in [9.17, 15) is 0 Å². The Kier molecular flexibility index (Phi) is 3.88. The molecule has 3 aromatic rings. The van der Waals surface area contributed by atoms with Crippen molar-refractivity contribution in [2.45, 2.75) is 26.4 Å². The fourth-order valence-corrected chi connectivity index (χ4v) is 2.58. The molecule has 0 aliphatic rings. The van der Waals surface area contributed by atoms with E-state index in [1.165, 1.54) is 0 Å². The second-order valence-electron chi connectivity index (χ2n) is 5.18. The fraction of sp³-hybridized carbons (Fsp3) is 0.267. The Balaban J connectivity index is 1.79. The lowest BCUT2D eigenvalue weighted by Gasteiger charge is -2.08. The van der Waals surface area contributed by atoms with Crippen LogP contribution in [0.1, 0.15) is 25.5 Å². The van der Waals surface area contributed by atoms with Crippen LogP contribution < -0.4 is 5.32 Å². The van der Waals surface area contributed by atoms with Gasteiger partial charge in [-0.2, -0.15) is 5.10 Å². The predicted octanol–water partition coefficient (Wildman–Crippen LogP) is 3.78. The van der Waals surface area contributed by atoms with Gasteiger partial charge >= 0.3 is 0 Å². The Bertz CT molecular complexity index is 766. The molecule has 1 N–H and O–H groups in total. The van der Waals surface area contributed by atoms with E-state index in [2.05, 4.69) is 56.2 Å². The lowest BCUT2D eigenvalue weighted by Crippen LogP contribution is -2.04. The normalized spacial score (nSPS) is 11.2. The Morgan fingerprint density at radius 2 is 2.05 bits per heavy atom. The van der Waals surface area contributed by atoms with Gasteiger partial charge in [-0.05, 0) is 47.5 Å². The smallest absolute Gasteiger partial charge is 0.158 e. The maximum absolute atomic E-state index is 4.51. The van der Waals surface area contributed by atoms with E-state index >= 15 is 0 Å². The van der Waals surface area contributed by atoms with Gasteiger partial charge in [-0.1, -0.05) is 0 Å². The number of halogens is 1. The Labute approximate surface area is 131 Å². The molecule has 5 nitrogen and oxygen atoms in total. The summed E-state index contributed by atoms with van der Waals surface area (Å²) < 4.78 is 2.91. The molecular weight excluding hydrogens is 330 g/mol. The molecule has 0 aliphatic heterocycles. The van der Waals surface area contributed by atoms with E-state index < -0.39 is 0 Å². The number of rotatable bonds is 4. The molecule has 0 radical (unpaired) electrons. The third kappa shape index (κ3) is 3.05. The van der Waals surface area contributed by atoms with Crippen LogP contribution in [0.5, 0.6) is 0 Å². The highest BCUT2D eigenvalue weighted by Gasteiger charge is 2.07. The quantitative estimate of drug-likeness (QED) is 0.781. The lowest BCUT2D eigenvalue weighted by atomic mass is 10.2. The number of nitrogens with zero attached hydrogens (tertiary/aromatic N) is 4. The number of anilines is 1. The van der Waals surface area contributed by atoms with Gasteiger partial charge in [0.05, 0.1) is 18.1 Å². The maximum Gasteiger partial charge on any atom is 0.158 e. The van der Waals surface area contributed by atoms with Crippen molar-refractivity contribution < 1.29 is 0 Å². The van der Waals surface area contributed by atoms with Gasteiger partial charge in [0, 0.05) is 34.8 Å². The highest BCUT2D eigenvalue weighted by molar-refractivity contribution is 9.10. The zero-order valence-corrected chi connectivity index (χ0v) is 13.5. The summed E-state index contributed by atoms with van der Waals surface area (Å²) in [5.41, 5.74) is 3.01. The molecule has 0 unspecified atom stereocenters. The Morgan fingerprint density at radius 3 is 2.81 bits per heavy atom. The van der Waals surface area contributed by atoms with Crippen LogP contribution in [0.3, 0.4) is 0 Å². The second-order valence-corrected chi connectivity index (χ2v) is 6.10. The Hall–Kier alpha value is -1.95. The minimum Gasteiger partial charge on any atom is -0.380 e. The maximum atomic E-state index is 4.51. The topological polar surface area (TPSA) is 55.6 Å². The third-order valence-corrected chi connectivity index (χ3v) is 3.61. The van der Waals surface area contributed by atoms with Gasteiger partial charge in [0.1, 0.15) is 0 Å². The zero-order chi connectivity index (χ0) is 14.8.